The Morgan fingerprint density at radius 1 is 1.00 bits per heavy atom. The van der Waals surface area contributed by atoms with Gasteiger partial charge in [0.15, 0.2) is 0 Å². The third-order valence-corrected chi connectivity index (χ3v) is 8.14. The second-order valence-corrected chi connectivity index (χ2v) is 13.7. The van der Waals surface area contributed by atoms with Crippen molar-refractivity contribution in [3.63, 3.8) is 0 Å². The fourth-order valence-corrected chi connectivity index (χ4v) is 5.71. The first kappa shape index (κ1) is 29.6. The number of hydrogen-bond acceptors (Lipinski definition) is 4. The van der Waals surface area contributed by atoms with Gasteiger partial charge in [-0.05, 0) is 64.6 Å². The van der Waals surface area contributed by atoms with E-state index in [2.05, 4.69) is 60.8 Å². The van der Waals surface area contributed by atoms with Gasteiger partial charge in [-0.3, -0.25) is 9.52 Å². The third kappa shape index (κ3) is 7.42. The van der Waals surface area contributed by atoms with Crippen LogP contribution in [0.4, 0.5) is 15.8 Å². The van der Waals surface area contributed by atoms with Crippen LogP contribution in [0.1, 0.15) is 68.7 Å². The van der Waals surface area contributed by atoms with Crippen LogP contribution in [0.2, 0.25) is 0 Å². The number of rotatable bonds is 8. The molecule has 1 fully saturated rings. The maximum absolute atomic E-state index is 14.9. The van der Waals surface area contributed by atoms with Gasteiger partial charge in [-0.15, -0.1) is 0 Å². The Hall–Kier alpha value is -3.39. The highest BCUT2D eigenvalue weighted by molar-refractivity contribution is 7.92. The summed E-state index contributed by atoms with van der Waals surface area (Å²) in [6, 6.07) is 19.9. The van der Waals surface area contributed by atoms with Gasteiger partial charge in [-0.1, -0.05) is 76.2 Å². The molecule has 40 heavy (non-hydrogen) atoms. The minimum absolute atomic E-state index is 0.000210. The van der Waals surface area contributed by atoms with Crippen LogP contribution in [0, 0.1) is 11.7 Å². The maximum atomic E-state index is 14.9. The second-order valence-electron chi connectivity index (χ2n) is 11.9. The van der Waals surface area contributed by atoms with Gasteiger partial charge in [0.05, 0.1) is 17.9 Å². The van der Waals surface area contributed by atoms with Crippen LogP contribution in [-0.2, 0) is 26.8 Å². The molecule has 0 radical (unpaired) electrons. The Bertz CT molecular complexity index is 1440. The fraction of sp³-hybridized carbons (Fsp3) is 0.406. The van der Waals surface area contributed by atoms with Crippen LogP contribution in [0.15, 0.2) is 66.7 Å². The summed E-state index contributed by atoms with van der Waals surface area (Å²) in [5, 5.41) is 3.12. The number of anilines is 2. The molecule has 8 heteroatoms. The van der Waals surface area contributed by atoms with Gasteiger partial charge in [-0.25, -0.2) is 12.8 Å². The summed E-state index contributed by atoms with van der Waals surface area (Å²) in [6.45, 7) is 11.2. The summed E-state index contributed by atoms with van der Waals surface area (Å²) in [7, 11) is -3.64. The van der Waals surface area contributed by atoms with E-state index in [1.54, 1.807) is 6.07 Å². The maximum Gasteiger partial charge on any atom is 0.232 e. The fourth-order valence-electron chi connectivity index (χ4n) is 5.14. The number of nitrogens with zero attached hydrogens (tertiary/aromatic N) is 1. The van der Waals surface area contributed by atoms with Crippen molar-refractivity contribution in [2.45, 2.75) is 58.4 Å². The lowest BCUT2D eigenvalue weighted by Gasteiger charge is -2.35. The molecule has 1 aliphatic rings. The number of nitrogens with one attached hydrogen (secondary N) is 2. The lowest BCUT2D eigenvalue weighted by Crippen LogP contribution is -2.35. The van der Waals surface area contributed by atoms with Crippen LogP contribution in [-0.4, -0.2) is 33.7 Å². The molecule has 4 rings (SSSR count). The molecule has 1 amide bonds. The second kappa shape index (κ2) is 12.0. The van der Waals surface area contributed by atoms with Gasteiger partial charge in [0.2, 0.25) is 15.9 Å². The molecule has 1 unspecified atom stereocenters. The molecule has 0 bridgehead atoms. The molecule has 0 saturated carbocycles. The summed E-state index contributed by atoms with van der Waals surface area (Å²) >= 11 is 0. The van der Waals surface area contributed by atoms with Crippen LogP contribution < -0.4 is 14.9 Å². The SMILES string of the molecule is CC1CCN(c2cc(C(C)(C)C)ccc2CNC(=O)C(c2ccccc2)c2ccc(NS(C)(=O)=O)c(F)c2)CC1. The summed E-state index contributed by atoms with van der Waals surface area (Å²) in [5.41, 5.74) is 4.44. The molecular formula is C32H40FN3O3S. The molecule has 6 nitrogen and oxygen atoms in total. The average molecular weight is 566 g/mol. The molecule has 3 aromatic rings. The summed E-state index contributed by atoms with van der Waals surface area (Å²) in [6.07, 6.45) is 3.24. The van der Waals surface area contributed by atoms with Gasteiger partial charge >= 0.3 is 0 Å². The predicted octanol–water partition coefficient (Wildman–Crippen LogP) is 6.18. The highest BCUT2D eigenvalue weighted by Gasteiger charge is 2.26. The van der Waals surface area contributed by atoms with Gasteiger partial charge in [-0.2, -0.15) is 0 Å². The molecule has 1 heterocycles. The lowest BCUT2D eigenvalue weighted by molar-refractivity contribution is -0.121. The summed E-state index contributed by atoms with van der Waals surface area (Å²) < 4.78 is 40.3. The van der Waals surface area contributed by atoms with Crippen molar-refractivity contribution in [3.05, 3.63) is 94.8 Å². The largest absolute Gasteiger partial charge is 0.371 e. The highest BCUT2D eigenvalue weighted by atomic mass is 32.2. The third-order valence-electron chi connectivity index (χ3n) is 7.55. The van der Waals surface area contributed by atoms with Crippen molar-refractivity contribution in [3.8, 4) is 0 Å². The van der Waals surface area contributed by atoms with E-state index < -0.39 is 21.8 Å². The Morgan fingerprint density at radius 2 is 1.68 bits per heavy atom. The smallest absolute Gasteiger partial charge is 0.232 e. The predicted molar refractivity (Wildman–Crippen MR) is 161 cm³/mol. The first-order valence-corrected chi connectivity index (χ1v) is 15.7. The zero-order valence-corrected chi connectivity index (χ0v) is 24.8. The average Bonchev–Trinajstić information content (AvgIpc) is 2.89. The number of piperidine rings is 1. The standard InChI is InChI=1S/C32H40FN3O3S/c1-22-15-17-36(18-16-22)29-20-26(32(2,3)4)13-11-25(29)21-34-31(37)30(23-9-7-6-8-10-23)24-12-14-28(27(33)19-24)35-40(5,38)39/h6-14,19-20,22,30,35H,15-18,21H2,1-5H3,(H,34,37). The quantitative estimate of drug-likeness (QED) is 0.342. The number of carbonyl (C=O) groups excluding carboxylic acids is 1. The normalized spacial score (nSPS) is 15.5. The number of amides is 1. The molecule has 214 valence electrons. The molecule has 1 saturated heterocycles. The van der Waals surface area contributed by atoms with E-state index in [1.165, 1.54) is 17.7 Å². The van der Waals surface area contributed by atoms with Crippen molar-refractivity contribution in [2.75, 3.05) is 29.0 Å². The molecule has 1 atom stereocenters. The first-order valence-electron chi connectivity index (χ1n) is 13.8. The highest BCUT2D eigenvalue weighted by Crippen LogP contribution is 2.33. The number of halogens is 1. The van der Waals surface area contributed by atoms with Crippen LogP contribution >= 0.6 is 0 Å². The van der Waals surface area contributed by atoms with E-state index >= 15 is 0 Å². The van der Waals surface area contributed by atoms with Crippen molar-refractivity contribution < 1.29 is 17.6 Å². The van der Waals surface area contributed by atoms with Crippen LogP contribution in [0.25, 0.3) is 0 Å². The lowest BCUT2D eigenvalue weighted by atomic mass is 9.85. The Balaban J connectivity index is 1.63. The Kier molecular flexibility index (Phi) is 8.88. The molecule has 0 aliphatic carbocycles. The molecule has 0 aromatic heterocycles. The van der Waals surface area contributed by atoms with E-state index in [4.69, 9.17) is 0 Å². The topological polar surface area (TPSA) is 78.5 Å². The number of benzene rings is 3. The van der Waals surface area contributed by atoms with Gasteiger partial charge in [0.1, 0.15) is 5.82 Å². The van der Waals surface area contributed by atoms with E-state index in [9.17, 15) is 17.6 Å². The van der Waals surface area contributed by atoms with Crippen LogP contribution in [0.5, 0.6) is 0 Å². The molecule has 0 spiro atoms. The van der Waals surface area contributed by atoms with E-state index in [0.29, 0.717) is 18.0 Å². The van der Waals surface area contributed by atoms with E-state index in [0.717, 1.165) is 49.0 Å². The monoisotopic (exact) mass is 565 g/mol. The summed E-state index contributed by atoms with van der Waals surface area (Å²) in [5.74, 6) is -1.06. The van der Waals surface area contributed by atoms with Crippen LogP contribution in [0.3, 0.4) is 0 Å². The zero-order chi connectivity index (χ0) is 29.1. The van der Waals surface area contributed by atoms with E-state index in [1.807, 2.05) is 30.3 Å². The Morgan fingerprint density at radius 3 is 2.27 bits per heavy atom. The zero-order valence-electron chi connectivity index (χ0n) is 24.0. The molecule has 2 N–H and O–H groups in total. The minimum Gasteiger partial charge on any atom is -0.371 e. The number of carbonyl (C=O) groups is 1. The Labute approximate surface area is 238 Å². The molecule has 3 aromatic carbocycles. The number of sulfonamides is 1. The summed E-state index contributed by atoms with van der Waals surface area (Å²) in [4.78, 5) is 16.2. The number of hydrogen-bond donors (Lipinski definition) is 2. The van der Waals surface area contributed by atoms with Crippen molar-refractivity contribution in [2.24, 2.45) is 5.92 Å². The van der Waals surface area contributed by atoms with E-state index in [-0.39, 0.29) is 17.0 Å². The van der Waals surface area contributed by atoms with Gasteiger partial charge in [0.25, 0.3) is 0 Å². The van der Waals surface area contributed by atoms with Crippen molar-refractivity contribution in [1.82, 2.24) is 5.32 Å². The first-order chi connectivity index (χ1) is 18.8. The molecule has 1 aliphatic heterocycles. The molecular weight excluding hydrogens is 525 g/mol. The van der Waals surface area contributed by atoms with Gasteiger partial charge < -0.3 is 10.2 Å². The minimum atomic E-state index is -3.64. The van der Waals surface area contributed by atoms with Gasteiger partial charge in [0, 0.05) is 25.3 Å². The van der Waals surface area contributed by atoms with Crippen molar-refractivity contribution in [1.29, 1.82) is 0 Å². The van der Waals surface area contributed by atoms with Crippen molar-refractivity contribution >= 4 is 27.3 Å².